The molecule has 0 aromatic heterocycles. The summed E-state index contributed by atoms with van der Waals surface area (Å²) in [6, 6.07) is 12.6. The third-order valence-electron chi connectivity index (χ3n) is 6.32. The molecule has 8 nitrogen and oxygen atoms in total. The van der Waals surface area contributed by atoms with Crippen molar-refractivity contribution in [2.45, 2.75) is 25.6 Å². The number of hydrogen-bond acceptors (Lipinski definition) is 6. The summed E-state index contributed by atoms with van der Waals surface area (Å²) >= 11 is 0. The predicted octanol–water partition coefficient (Wildman–Crippen LogP) is 2.86. The van der Waals surface area contributed by atoms with Crippen LogP contribution in [-0.4, -0.2) is 61.8 Å². The molecule has 172 valence electrons. The SMILES string of the molecule is CC(=O)c1cccc2c1OB(O)[C@@H](CC(=O)C1CN(C(=O)Nc3ccc(N(C)C)cc3)C1)C2. The van der Waals surface area contributed by atoms with Gasteiger partial charge in [-0.25, -0.2) is 4.79 Å². The van der Waals surface area contributed by atoms with Crippen LogP contribution in [0.15, 0.2) is 42.5 Å². The van der Waals surface area contributed by atoms with Gasteiger partial charge in [-0.1, -0.05) is 12.1 Å². The van der Waals surface area contributed by atoms with Crippen molar-refractivity contribution in [1.82, 2.24) is 4.90 Å². The number of nitrogens with zero attached hydrogens (tertiary/aromatic N) is 2. The Morgan fingerprint density at radius 1 is 1.15 bits per heavy atom. The molecule has 2 aromatic carbocycles. The van der Waals surface area contributed by atoms with Crippen LogP contribution in [0.1, 0.15) is 29.3 Å². The topological polar surface area (TPSA) is 99.2 Å². The van der Waals surface area contributed by atoms with Gasteiger partial charge in [0.05, 0.1) is 11.5 Å². The first-order chi connectivity index (χ1) is 15.7. The maximum Gasteiger partial charge on any atom is 0.526 e. The van der Waals surface area contributed by atoms with Crippen LogP contribution in [-0.2, 0) is 11.2 Å². The highest BCUT2D eigenvalue weighted by atomic mass is 16.5. The molecule has 1 fully saturated rings. The fourth-order valence-electron chi connectivity index (χ4n) is 4.25. The van der Waals surface area contributed by atoms with E-state index in [0.29, 0.717) is 36.5 Å². The molecule has 2 heterocycles. The Morgan fingerprint density at radius 3 is 2.48 bits per heavy atom. The summed E-state index contributed by atoms with van der Waals surface area (Å²) in [4.78, 5) is 40.6. The first-order valence-corrected chi connectivity index (χ1v) is 11.1. The maximum absolute atomic E-state index is 12.8. The molecule has 0 aliphatic carbocycles. The van der Waals surface area contributed by atoms with Crippen molar-refractivity contribution in [2.24, 2.45) is 5.92 Å². The lowest BCUT2D eigenvalue weighted by Gasteiger charge is -2.39. The summed E-state index contributed by atoms with van der Waals surface area (Å²) in [5.41, 5.74) is 3.00. The van der Waals surface area contributed by atoms with Gasteiger partial charge in [0.2, 0.25) is 0 Å². The van der Waals surface area contributed by atoms with Gasteiger partial charge in [-0.2, -0.15) is 0 Å². The maximum atomic E-state index is 12.8. The molecule has 33 heavy (non-hydrogen) atoms. The normalized spacial score (nSPS) is 17.5. The van der Waals surface area contributed by atoms with Gasteiger partial charge in [-0.3, -0.25) is 9.59 Å². The number of likely N-dealkylation sites (tertiary alicyclic amines) is 1. The molecule has 2 aromatic rings. The summed E-state index contributed by atoms with van der Waals surface area (Å²) in [6.07, 6.45) is 0.625. The Kier molecular flexibility index (Phi) is 6.42. The molecule has 2 aliphatic rings. The zero-order valence-electron chi connectivity index (χ0n) is 19.1. The molecule has 9 heteroatoms. The number of nitrogens with one attached hydrogen (secondary N) is 1. The summed E-state index contributed by atoms with van der Waals surface area (Å²) in [5, 5.41) is 13.3. The van der Waals surface area contributed by atoms with Gasteiger partial charge in [0.25, 0.3) is 0 Å². The van der Waals surface area contributed by atoms with Crippen LogP contribution >= 0.6 is 0 Å². The van der Waals surface area contributed by atoms with Gasteiger partial charge >= 0.3 is 13.1 Å². The highest BCUT2D eigenvalue weighted by molar-refractivity contribution is 6.47. The fraction of sp³-hybridized carbons (Fsp3) is 0.375. The van der Waals surface area contributed by atoms with E-state index in [1.807, 2.05) is 49.3 Å². The van der Waals surface area contributed by atoms with Crippen molar-refractivity contribution in [1.29, 1.82) is 0 Å². The van der Waals surface area contributed by atoms with Crippen LogP contribution in [0.4, 0.5) is 16.2 Å². The molecule has 1 saturated heterocycles. The van der Waals surface area contributed by atoms with E-state index in [2.05, 4.69) is 5.32 Å². The predicted molar refractivity (Wildman–Crippen MR) is 127 cm³/mol. The van der Waals surface area contributed by atoms with Crippen LogP contribution in [0.25, 0.3) is 0 Å². The zero-order valence-corrected chi connectivity index (χ0v) is 19.1. The number of hydrogen-bond donors (Lipinski definition) is 2. The molecule has 4 rings (SSSR count). The summed E-state index contributed by atoms with van der Waals surface area (Å²) < 4.78 is 5.62. The quantitative estimate of drug-likeness (QED) is 0.520. The highest BCUT2D eigenvalue weighted by Crippen LogP contribution is 2.37. The van der Waals surface area contributed by atoms with E-state index in [1.165, 1.54) is 6.92 Å². The number of urea groups is 1. The molecule has 0 unspecified atom stereocenters. The highest BCUT2D eigenvalue weighted by Gasteiger charge is 2.41. The average Bonchev–Trinajstić information content (AvgIpc) is 2.73. The van der Waals surface area contributed by atoms with Crippen molar-refractivity contribution >= 4 is 36.1 Å². The standard InChI is InChI=1S/C24H28BN3O5/c1-15(29)21-6-4-5-16-11-18(25(32)33-23(16)21)12-22(30)17-13-28(14-17)24(31)26-19-7-9-20(10-8-19)27(2)3/h4-10,17-18,32H,11-14H2,1-3H3,(H,26,31)/t18-/m1/s1. The van der Waals surface area contributed by atoms with Gasteiger partial charge in [0, 0.05) is 50.8 Å². The number of anilines is 2. The van der Waals surface area contributed by atoms with E-state index < -0.39 is 7.12 Å². The van der Waals surface area contributed by atoms with E-state index >= 15 is 0 Å². The zero-order chi connectivity index (χ0) is 23.7. The lowest BCUT2D eigenvalue weighted by atomic mass is 9.63. The van der Waals surface area contributed by atoms with Crippen LogP contribution in [0, 0.1) is 5.92 Å². The number of benzene rings is 2. The van der Waals surface area contributed by atoms with Gasteiger partial charge in [0.1, 0.15) is 11.5 Å². The molecule has 2 N–H and O–H groups in total. The second-order valence-electron chi connectivity index (χ2n) is 8.97. The molecule has 2 amide bonds. The number of ketones is 2. The van der Waals surface area contributed by atoms with E-state index in [9.17, 15) is 19.4 Å². The molecule has 1 atom stereocenters. The molecule has 0 radical (unpaired) electrons. The molecule has 0 saturated carbocycles. The molecule has 2 aliphatic heterocycles. The molecular formula is C24H28BN3O5. The Bertz CT molecular complexity index is 1070. The Balaban J connectivity index is 1.29. The van der Waals surface area contributed by atoms with Crippen molar-refractivity contribution in [2.75, 3.05) is 37.4 Å². The smallest absolute Gasteiger partial charge is 0.526 e. The number of fused-ring (bicyclic) bond motifs is 1. The van der Waals surface area contributed by atoms with Gasteiger partial charge in [-0.05, 0) is 49.2 Å². The van der Waals surface area contributed by atoms with Crippen molar-refractivity contribution in [3.8, 4) is 5.75 Å². The van der Waals surface area contributed by atoms with Gasteiger partial charge < -0.3 is 24.8 Å². The Morgan fingerprint density at radius 2 is 1.85 bits per heavy atom. The summed E-state index contributed by atoms with van der Waals surface area (Å²) in [7, 11) is 2.75. The second-order valence-corrected chi connectivity index (χ2v) is 8.97. The largest absolute Gasteiger partial charge is 0.535 e. The van der Waals surface area contributed by atoms with Crippen molar-refractivity contribution in [3.63, 3.8) is 0 Å². The number of amides is 2. The van der Waals surface area contributed by atoms with Gasteiger partial charge in [-0.15, -0.1) is 0 Å². The lowest BCUT2D eigenvalue weighted by Crippen LogP contribution is -2.54. The average molecular weight is 449 g/mol. The number of para-hydroxylation sites is 1. The third kappa shape index (κ3) is 4.88. The fourth-order valence-corrected chi connectivity index (χ4v) is 4.25. The molecular weight excluding hydrogens is 421 g/mol. The summed E-state index contributed by atoms with van der Waals surface area (Å²) in [5.74, 6) is -0.344. The summed E-state index contributed by atoms with van der Waals surface area (Å²) in [6.45, 7) is 2.17. The van der Waals surface area contributed by atoms with E-state index in [4.69, 9.17) is 4.65 Å². The van der Waals surface area contributed by atoms with Crippen LogP contribution in [0.5, 0.6) is 5.75 Å². The van der Waals surface area contributed by atoms with E-state index in [0.717, 1.165) is 11.3 Å². The number of carbonyl (C=O) groups excluding carboxylic acids is 3. The van der Waals surface area contributed by atoms with Crippen molar-refractivity contribution < 1.29 is 24.1 Å². The number of carbonyl (C=O) groups is 3. The van der Waals surface area contributed by atoms with Crippen molar-refractivity contribution in [3.05, 3.63) is 53.6 Å². The Labute approximate surface area is 193 Å². The van der Waals surface area contributed by atoms with Crippen LogP contribution < -0.4 is 14.9 Å². The van der Waals surface area contributed by atoms with Crippen LogP contribution in [0.2, 0.25) is 5.82 Å². The minimum atomic E-state index is -1.15. The second kappa shape index (κ2) is 9.27. The molecule has 0 bridgehead atoms. The third-order valence-corrected chi connectivity index (χ3v) is 6.32. The minimum Gasteiger partial charge on any atom is -0.535 e. The molecule has 0 spiro atoms. The lowest BCUT2D eigenvalue weighted by molar-refractivity contribution is -0.126. The Hall–Kier alpha value is -3.33. The first-order valence-electron chi connectivity index (χ1n) is 11.1. The minimum absolute atomic E-state index is 0.00760. The number of rotatable bonds is 6. The van der Waals surface area contributed by atoms with E-state index in [1.54, 1.807) is 17.0 Å². The van der Waals surface area contributed by atoms with Gasteiger partial charge in [0.15, 0.2) is 5.78 Å². The van der Waals surface area contributed by atoms with Crippen LogP contribution in [0.3, 0.4) is 0 Å². The number of Topliss-reactive ketones (excluding diaryl/α,β-unsaturated/α-hetero) is 2. The monoisotopic (exact) mass is 449 g/mol. The van der Waals surface area contributed by atoms with E-state index in [-0.39, 0.29) is 35.8 Å². The first kappa shape index (κ1) is 22.9.